The lowest BCUT2D eigenvalue weighted by molar-refractivity contribution is -0.147. The fraction of sp³-hybridized carbons (Fsp3) is 0.222. The third-order valence-electron chi connectivity index (χ3n) is 1.84. The number of carbonyl (C=O) groups is 1. The molecule has 0 aromatic heterocycles. The molecule has 0 heterocycles. The molecule has 0 bridgehead atoms. The molecule has 1 unspecified atom stereocenters. The van der Waals surface area contributed by atoms with Crippen LogP contribution in [0.15, 0.2) is 12.1 Å². The number of hydrogen-bond donors (Lipinski definition) is 2. The van der Waals surface area contributed by atoms with E-state index in [0.717, 1.165) is 6.07 Å². The van der Waals surface area contributed by atoms with Crippen LogP contribution in [0.2, 0.25) is 5.02 Å². The molecule has 0 spiro atoms. The fourth-order valence-electron chi connectivity index (χ4n) is 1.09. The zero-order valence-corrected chi connectivity index (χ0v) is 8.05. The second-order valence-corrected chi connectivity index (χ2v) is 3.27. The van der Waals surface area contributed by atoms with Crippen molar-refractivity contribution in [2.75, 3.05) is 0 Å². The summed E-state index contributed by atoms with van der Waals surface area (Å²) in [6.45, 7) is 1.55. The monoisotopic (exact) mass is 218 g/mol. The molecule has 0 amide bonds. The lowest BCUT2D eigenvalue weighted by atomic mass is 10.0. The Labute approximate surface area is 84.7 Å². The summed E-state index contributed by atoms with van der Waals surface area (Å²) >= 11 is 5.47. The Balaban J connectivity index is 3.22. The second kappa shape index (κ2) is 3.94. The van der Waals surface area contributed by atoms with Gasteiger partial charge in [0.2, 0.25) is 0 Å². The van der Waals surface area contributed by atoms with Crippen molar-refractivity contribution in [1.82, 2.24) is 0 Å². The molecule has 0 saturated carbocycles. The van der Waals surface area contributed by atoms with Crippen LogP contribution in [0.4, 0.5) is 4.39 Å². The van der Waals surface area contributed by atoms with Gasteiger partial charge in [0, 0.05) is 0 Å². The van der Waals surface area contributed by atoms with Crippen LogP contribution < -0.4 is 0 Å². The Morgan fingerprint density at radius 1 is 1.57 bits per heavy atom. The van der Waals surface area contributed by atoms with Crippen LogP contribution >= 0.6 is 11.6 Å². The average molecular weight is 219 g/mol. The van der Waals surface area contributed by atoms with Crippen molar-refractivity contribution < 1.29 is 19.4 Å². The number of aliphatic hydroxyl groups is 1. The van der Waals surface area contributed by atoms with Gasteiger partial charge < -0.3 is 10.2 Å². The summed E-state index contributed by atoms with van der Waals surface area (Å²) in [6, 6.07) is 2.20. The van der Waals surface area contributed by atoms with Gasteiger partial charge in [-0.3, -0.25) is 0 Å². The Kier molecular flexibility index (Phi) is 3.08. The van der Waals surface area contributed by atoms with Gasteiger partial charge >= 0.3 is 5.97 Å². The maximum absolute atomic E-state index is 12.9. The van der Waals surface area contributed by atoms with E-state index in [4.69, 9.17) is 16.7 Å². The van der Waals surface area contributed by atoms with Gasteiger partial charge in [-0.15, -0.1) is 0 Å². The van der Waals surface area contributed by atoms with Gasteiger partial charge in [-0.05, 0) is 30.2 Å². The van der Waals surface area contributed by atoms with Crippen molar-refractivity contribution in [3.63, 3.8) is 0 Å². The first-order chi connectivity index (χ1) is 6.43. The molecule has 0 aliphatic rings. The van der Waals surface area contributed by atoms with Gasteiger partial charge in [0.25, 0.3) is 0 Å². The first kappa shape index (κ1) is 10.9. The first-order valence-corrected chi connectivity index (χ1v) is 4.17. The number of aliphatic hydroxyl groups excluding tert-OH is 1. The molecule has 76 valence electrons. The van der Waals surface area contributed by atoms with Crippen LogP contribution in [0, 0.1) is 12.7 Å². The molecule has 0 aliphatic carbocycles. The molecule has 0 saturated heterocycles. The van der Waals surface area contributed by atoms with E-state index in [1.54, 1.807) is 6.92 Å². The fourth-order valence-corrected chi connectivity index (χ4v) is 1.31. The number of hydrogen-bond acceptors (Lipinski definition) is 2. The van der Waals surface area contributed by atoms with Gasteiger partial charge in [0.05, 0.1) is 5.02 Å². The molecule has 1 aromatic carbocycles. The highest BCUT2D eigenvalue weighted by molar-refractivity contribution is 6.30. The first-order valence-electron chi connectivity index (χ1n) is 3.80. The van der Waals surface area contributed by atoms with Crippen LogP contribution in [-0.2, 0) is 4.79 Å². The van der Waals surface area contributed by atoms with Gasteiger partial charge in [-0.1, -0.05) is 11.6 Å². The predicted molar refractivity (Wildman–Crippen MR) is 48.7 cm³/mol. The SMILES string of the molecule is Cc1cc(Cl)c(F)cc1C(O)C(=O)O. The second-order valence-electron chi connectivity index (χ2n) is 2.86. The van der Waals surface area contributed by atoms with E-state index in [1.165, 1.54) is 6.07 Å². The standard InChI is InChI=1S/C9H8ClFO3/c1-4-2-6(10)7(11)3-5(4)8(12)9(13)14/h2-3,8,12H,1H3,(H,13,14). The number of halogens is 2. The van der Waals surface area contributed by atoms with Crippen LogP contribution in [0.1, 0.15) is 17.2 Å². The predicted octanol–water partition coefficient (Wildman–Crippen LogP) is 1.91. The van der Waals surface area contributed by atoms with Crippen LogP contribution in [0.5, 0.6) is 0 Å². The highest BCUT2D eigenvalue weighted by Gasteiger charge is 2.19. The highest BCUT2D eigenvalue weighted by atomic mass is 35.5. The summed E-state index contributed by atoms with van der Waals surface area (Å²) in [5, 5.41) is 17.6. The summed E-state index contributed by atoms with van der Waals surface area (Å²) in [5.74, 6) is -2.16. The summed E-state index contributed by atoms with van der Waals surface area (Å²) < 4.78 is 12.9. The number of aliphatic carboxylic acids is 1. The van der Waals surface area contributed by atoms with E-state index in [-0.39, 0.29) is 10.6 Å². The molecule has 0 radical (unpaired) electrons. The van der Waals surface area contributed by atoms with Gasteiger partial charge in [0.1, 0.15) is 5.82 Å². The van der Waals surface area contributed by atoms with Crippen molar-refractivity contribution in [1.29, 1.82) is 0 Å². The lowest BCUT2D eigenvalue weighted by Crippen LogP contribution is -2.12. The minimum absolute atomic E-state index is 0.0133. The molecule has 0 fully saturated rings. The number of carboxylic acids is 1. The van der Waals surface area contributed by atoms with E-state index in [0.29, 0.717) is 5.56 Å². The molecule has 14 heavy (non-hydrogen) atoms. The minimum atomic E-state index is -1.72. The summed E-state index contributed by atoms with van der Waals surface area (Å²) in [5.41, 5.74) is 0.450. The Hall–Kier alpha value is -1.13. The summed E-state index contributed by atoms with van der Waals surface area (Å²) in [7, 11) is 0. The summed E-state index contributed by atoms with van der Waals surface area (Å²) in [4.78, 5) is 10.4. The molecule has 3 nitrogen and oxygen atoms in total. The Bertz CT molecular complexity index is 379. The average Bonchev–Trinajstić information content (AvgIpc) is 2.10. The van der Waals surface area contributed by atoms with E-state index in [2.05, 4.69) is 0 Å². The highest BCUT2D eigenvalue weighted by Crippen LogP contribution is 2.24. The van der Waals surface area contributed by atoms with Crippen LogP contribution in [-0.4, -0.2) is 16.2 Å². The van der Waals surface area contributed by atoms with Gasteiger partial charge in [0.15, 0.2) is 6.10 Å². The lowest BCUT2D eigenvalue weighted by Gasteiger charge is -2.09. The normalized spacial score (nSPS) is 12.6. The van der Waals surface area contributed by atoms with Crippen molar-refractivity contribution in [3.8, 4) is 0 Å². The van der Waals surface area contributed by atoms with E-state index < -0.39 is 17.9 Å². The maximum Gasteiger partial charge on any atom is 0.337 e. The van der Waals surface area contributed by atoms with Crippen LogP contribution in [0.3, 0.4) is 0 Å². The van der Waals surface area contributed by atoms with Gasteiger partial charge in [-0.25, -0.2) is 9.18 Å². The van der Waals surface area contributed by atoms with Crippen molar-refractivity contribution >= 4 is 17.6 Å². The molecule has 1 atom stereocenters. The Morgan fingerprint density at radius 3 is 2.64 bits per heavy atom. The van der Waals surface area contributed by atoms with E-state index >= 15 is 0 Å². The maximum atomic E-state index is 12.9. The zero-order chi connectivity index (χ0) is 10.9. The number of rotatable bonds is 2. The largest absolute Gasteiger partial charge is 0.479 e. The molecule has 1 rings (SSSR count). The van der Waals surface area contributed by atoms with Gasteiger partial charge in [-0.2, -0.15) is 0 Å². The van der Waals surface area contributed by atoms with Crippen LogP contribution in [0.25, 0.3) is 0 Å². The topological polar surface area (TPSA) is 57.5 Å². The van der Waals surface area contributed by atoms with Crippen molar-refractivity contribution in [2.45, 2.75) is 13.0 Å². The van der Waals surface area contributed by atoms with E-state index in [1.807, 2.05) is 0 Å². The number of carboxylic acid groups (broad SMARTS) is 1. The van der Waals surface area contributed by atoms with E-state index in [9.17, 15) is 14.3 Å². The van der Waals surface area contributed by atoms with Crippen molar-refractivity contribution in [2.24, 2.45) is 0 Å². The van der Waals surface area contributed by atoms with Crippen molar-refractivity contribution in [3.05, 3.63) is 34.1 Å². The smallest absolute Gasteiger partial charge is 0.337 e. The number of benzene rings is 1. The molecule has 2 N–H and O–H groups in total. The summed E-state index contributed by atoms with van der Waals surface area (Å²) in [6.07, 6.45) is -1.72. The molecule has 5 heteroatoms. The minimum Gasteiger partial charge on any atom is -0.479 e. The quantitative estimate of drug-likeness (QED) is 0.797. The number of aryl methyl sites for hydroxylation is 1. The molecule has 0 aliphatic heterocycles. The Morgan fingerprint density at radius 2 is 2.14 bits per heavy atom. The molecule has 1 aromatic rings. The molecular formula is C9H8ClFO3. The third kappa shape index (κ3) is 2.02. The zero-order valence-electron chi connectivity index (χ0n) is 7.29. The molecular weight excluding hydrogens is 211 g/mol. The third-order valence-corrected chi connectivity index (χ3v) is 2.13.